The van der Waals surface area contributed by atoms with Crippen molar-refractivity contribution in [2.45, 2.75) is 0 Å². The van der Waals surface area contributed by atoms with Gasteiger partial charge >= 0.3 is 0 Å². The predicted octanol–water partition coefficient (Wildman–Crippen LogP) is 6.14. The first kappa shape index (κ1) is 33.8. The molecule has 4 aromatic rings. The van der Waals surface area contributed by atoms with E-state index in [1.165, 1.54) is 36.7 Å². The van der Waals surface area contributed by atoms with Crippen LogP contribution in [0, 0.1) is 14.3 Å². The molecule has 0 unspecified atom stereocenters. The van der Waals surface area contributed by atoms with E-state index >= 15 is 0 Å². The van der Waals surface area contributed by atoms with E-state index in [-0.39, 0.29) is 34.1 Å². The predicted molar refractivity (Wildman–Crippen MR) is 193 cm³/mol. The number of hydrazone groups is 2. The molecule has 216 valence electrons. The van der Waals surface area contributed by atoms with Crippen molar-refractivity contribution in [3.63, 3.8) is 0 Å². The van der Waals surface area contributed by atoms with Gasteiger partial charge in [0.2, 0.25) is 0 Å². The molecule has 0 aromatic heterocycles. The number of nitrogens with zero attached hydrogens (tertiary/aromatic N) is 2. The third-order valence-electron chi connectivity index (χ3n) is 5.15. The van der Waals surface area contributed by atoms with Gasteiger partial charge < -0.3 is 20.4 Å². The zero-order chi connectivity index (χ0) is 30.8. The topological polar surface area (TPSA) is 164 Å². The molecule has 14 heteroatoms. The Balaban J connectivity index is 0.000000230. The van der Waals surface area contributed by atoms with E-state index in [2.05, 4.69) is 66.2 Å². The number of carbonyl (C=O) groups is 2. The maximum atomic E-state index is 11.8. The summed E-state index contributed by atoms with van der Waals surface area (Å²) in [6.07, 6.45) is 2.72. The van der Waals surface area contributed by atoms with E-state index in [9.17, 15) is 30.0 Å². The molecule has 2 amide bonds. The lowest BCUT2D eigenvalue weighted by molar-refractivity contribution is 0.0944. The molecule has 0 spiro atoms. The van der Waals surface area contributed by atoms with E-state index in [4.69, 9.17) is 0 Å². The Hall–Kier alpha value is -2.72. The van der Waals surface area contributed by atoms with Gasteiger partial charge in [-0.2, -0.15) is 10.2 Å². The van der Waals surface area contributed by atoms with Crippen LogP contribution in [0.15, 0.2) is 83.0 Å². The highest BCUT2D eigenvalue weighted by atomic mass is 127. The summed E-state index contributed by atoms with van der Waals surface area (Å²) in [4.78, 5) is 23.6. The number of halogens is 4. The third kappa shape index (κ3) is 9.66. The first-order chi connectivity index (χ1) is 20.0. The van der Waals surface area contributed by atoms with Crippen LogP contribution in [0.25, 0.3) is 0 Å². The summed E-state index contributed by atoms with van der Waals surface area (Å²) in [6, 6.07) is 19.5. The molecule has 0 aliphatic heterocycles. The van der Waals surface area contributed by atoms with Crippen LogP contribution in [0.3, 0.4) is 0 Å². The van der Waals surface area contributed by atoms with Crippen LogP contribution in [-0.4, -0.2) is 44.7 Å². The van der Waals surface area contributed by atoms with Crippen molar-refractivity contribution < 1.29 is 30.0 Å². The highest BCUT2D eigenvalue weighted by Gasteiger charge is 2.11. The van der Waals surface area contributed by atoms with Crippen LogP contribution in [0.5, 0.6) is 23.0 Å². The minimum atomic E-state index is -0.524. The van der Waals surface area contributed by atoms with Crippen LogP contribution >= 0.6 is 90.4 Å². The van der Waals surface area contributed by atoms with Gasteiger partial charge in [0.05, 0.1) is 30.7 Å². The van der Waals surface area contributed by atoms with Crippen molar-refractivity contribution in [1.29, 1.82) is 0 Å². The Labute approximate surface area is 294 Å². The SMILES string of the molecule is O=C(N/N=C/c1cc(I)cc(I)c1O)c1ccccc1O.O=C(N/N=C/c1cc(I)cc(I)c1O)c1ccccc1O. The van der Waals surface area contributed by atoms with Gasteiger partial charge in [-0.05, 0) is 139 Å². The van der Waals surface area contributed by atoms with Gasteiger partial charge in [0.15, 0.2) is 0 Å². The number of hydrogen-bond acceptors (Lipinski definition) is 8. The molecule has 0 aliphatic rings. The molecule has 0 fully saturated rings. The van der Waals surface area contributed by atoms with Crippen molar-refractivity contribution in [3.8, 4) is 23.0 Å². The summed E-state index contributed by atoms with van der Waals surface area (Å²) in [5, 5.41) is 46.5. The fourth-order valence-electron chi connectivity index (χ4n) is 3.14. The van der Waals surface area contributed by atoms with Crippen molar-refractivity contribution in [2.24, 2.45) is 10.2 Å². The second-order valence-electron chi connectivity index (χ2n) is 8.08. The van der Waals surface area contributed by atoms with E-state index in [0.29, 0.717) is 18.3 Å². The van der Waals surface area contributed by atoms with Crippen molar-refractivity contribution in [2.75, 3.05) is 0 Å². The van der Waals surface area contributed by atoms with Crippen molar-refractivity contribution >= 4 is 115 Å². The summed E-state index contributed by atoms with van der Waals surface area (Å²) < 4.78 is 3.30. The van der Waals surface area contributed by atoms with Crippen LogP contribution in [-0.2, 0) is 0 Å². The van der Waals surface area contributed by atoms with E-state index < -0.39 is 11.8 Å². The lowest BCUT2D eigenvalue weighted by atomic mass is 10.2. The zero-order valence-electron chi connectivity index (χ0n) is 21.1. The number of para-hydroxylation sites is 2. The Morgan fingerprint density at radius 2 is 0.952 bits per heavy atom. The third-order valence-corrected chi connectivity index (χ3v) is 8.04. The minimum absolute atomic E-state index is 0.108. The van der Waals surface area contributed by atoms with Gasteiger partial charge in [-0.3, -0.25) is 9.59 Å². The molecule has 0 saturated carbocycles. The number of nitrogens with one attached hydrogen (secondary N) is 2. The number of benzene rings is 4. The van der Waals surface area contributed by atoms with Crippen molar-refractivity contribution in [1.82, 2.24) is 10.9 Å². The van der Waals surface area contributed by atoms with Crippen LogP contribution in [0.4, 0.5) is 0 Å². The molecule has 10 nitrogen and oxygen atoms in total. The second-order valence-corrected chi connectivity index (χ2v) is 12.9. The van der Waals surface area contributed by atoms with Crippen LogP contribution in [0.1, 0.15) is 31.8 Å². The highest BCUT2D eigenvalue weighted by Crippen LogP contribution is 2.26. The van der Waals surface area contributed by atoms with Gasteiger partial charge in [0, 0.05) is 18.3 Å². The monoisotopic (exact) mass is 1020 g/mol. The standard InChI is InChI=1S/2C14H10I2N2O3/c2*15-9-5-8(13(20)11(16)6-9)7-17-18-14(21)10-3-1-2-4-12(10)19/h2*1-7,19-20H,(H,18,21)/b2*17-7+. The van der Waals surface area contributed by atoms with Gasteiger partial charge in [0.1, 0.15) is 23.0 Å². The Kier molecular flexibility index (Phi) is 13.0. The van der Waals surface area contributed by atoms with Crippen LogP contribution in [0.2, 0.25) is 0 Å². The number of phenols is 4. The van der Waals surface area contributed by atoms with Gasteiger partial charge in [-0.15, -0.1) is 0 Å². The van der Waals surface area contributed by atoms with Gasteiger partial charge in [-0.25, -0.2) is 10.9 Å². The average Bonchev–Trinajstić information content (AvgIpc) is 2.94. The Morgan fingerprint density at radius 3 is 1.31 bits per heavy atom. The van der Waals surface area contributed by atoms with Gasteiger partial charge in [0.25, 0.3) is 11.8 Å². The molecule has 0 bridgehead atoms. The lowest BCUT2D eigenvalue weighted by Gasteiger charge is -2.04. The summed E-state index contributed by atoms with van der Waals surface area (Å²) >= 11 is 8.29. The first-order valence-corrected chi connectivity index (χ1v) is 15.9. The summed E-state index contributed by atoms with van der Waals surface area (Å²) in [5.74, 6) is -1.06. The van der Waals surface area contributed by atoms with E-state index in [1.807, 2.05) is 57.3 Å². The Bertz CT molecular complexity index is 1560. The summed E-state index contributed by atoms with van der Waals surface area (Å²) in [7, 11) is 0. The largest absolute Gasteiger partial charge is 0.507 e. The van der Waals surface area contributed by atoms with E-state index in [0.717, 1.165) is 7.14 Å². The maximum absolute atomic E-state index is 11.8. The molecule has 4 aromatic carbocycles. The number of carbonyl (C=O) groups excluding carboxylic acids is 2. The quantitative estimate of drug-likeness (QED) is 0.0773. The number of rotatable bonds is 6. The molecule has 6 N–H and O–H groups in total. The fraction of sp³-hybridized carbons (Fsp3) is 0. The van der Waals surface area contributed by atoms with E-state index in [1.54, 1.807) is 36.4 Å². The normalized spacial score (nSPS) is 10.8. The zero-order valence-corrected chi connectivity index (χ0v) is 29.7. The molecular formula is C28H20I4N4O6. The Morgan fingerprint density at radius 1 is 0.595 bits per heavy atom. The smallest absolute Gasteiger partial charge is 0.275 e. The molecule has 0 heterocycles. The highest BCUT2D eigenvalue weighted by molar-refractivity contribution is 14.1. The minimum Gasteiger partial charge on any atom is -0.507 e. The molecule has 0 aliphatic carbocycles. The first-order valence-electron chi connectivity index (χ1n) is 11.6. The number of phenolic OH excluding ortho intramolecular Hbond substituents is 4. The lowest BCUT2D eigenvalue weighted by Crippen LogP contribution is -2.17. The molecule has 0 saturated heterocycles. The van der Waals surface area contributed by atoms with Gasteiger partial charge in [-0.1, -0.05) is 24.3 Å². The number of hydrogen-bond donors (Lipinski definition) is 6. The van der Waals surface area contributed by atoms with Crippen molar-refractivity contribution in [3.05, 3.63) is 109 Å². The molecule has 0 radical (unpaired) electrons. The number of aromatic hydroxyl groups is 4. The van der Waals surface area contributed by atoms with Crippen LogP contribution < -0.4 is 10.9 Å². The number of amides is 2. The molecular weight excluding hydrogens is 996 g/mol. The molecule has 42 heavy (non-hydrogen) atoms. The molecule has 0 atom stereocenters. The summed E-state index contributed by atoms with van der Waals surface area (Å²) in [5.41, 5.74) is 5.90. The fourth-order valence-corrected chi connectivity index (χ4v) is 6.92. The second kappa shape index (κ2) is 16.2. The molecule has 4 rings (SSSR count). The summed E-state index contributed by atoms with van der Waals surface area (Å²) in [6.45, 7) is 0. The average molecular weight is 1020 g/mol. The maximum Gasteiger partial charge on any atom is 0.275 e.